The Kier molecular flexibility index (Phi) is 10.5. The Bertz CT molecular complexity index is 1660. The van der Waals surface area contributed by atoms with Gasteiger partial charge in [0.25, 0.3) is 10.0 Å². The van der Waals surface area contributed by atoms with Gasteiger partial charge >= 0.3 is 0 Å². The van der Waals surface area contributed by atoms with Crippen LogP contribution in [0.5, 0.6) is 0 Å². The van der Waals surface area contributed by atoms with Gasteiger partial charge in [-0.05, 0) is 65.9 Å². The number of benzene rings is 4. The highest BCUT2D eigenvalue weighted by Crippen LogP contribution is 2.27. The van der Waals surface area contributed by atoms with Crippen LogP contribution in [0.1, 0.15) is 42.0 Å². The third kappa shape index (κ3) is 7.90. The fourth-order valence-corrected chi connectivity index (χ4v) is 6.31. The molecule has 4 aromatic rings. The second-order valence-corrected chi connectivity index (χ2v) is 12.9. The van der Waals surface area contributed by atoms with Crippen molar-refractivity contribution in [2.75, 3.05) is 17.9 Å². The molecule has 0 aliphatic rings. The van der Waals surface area contributed by atoms with Crippen LogP contribution in [-0.4, -0.2) is 44.8 Å². The summed E-state index contributed by atoms with van der Waals surface area (Å²) in [5.41, 5.74) is 3.66. The van der Waals surface area contributed by atoms with E-state index >= 15 is 0 Å². The molecule has 0 bridgehead atoms. The van der Waals surface area contributed by atoms with E-state index < -0.39 is 40.2 Å². The van der Waals surface area contributed by atoms with Crippen molar-refractivity contribution < 1.29 is 22.4 Å². The van der Waals surface area contributed by atoms with Gasteiger partial charge in [-0.25, -0.2) is 12.8 Å². The van der Waals surface area contributed by atoms with Gasteiger partial charge in [0.2, 0.25) is 11.8 Å². The number of anilines is 1. The van der Waals surface area contributed by atoms with Gasteiger partial charge in [-0.15, -0.1) is 0 Å². The van der Waals surface area contributed by atoms with Crippen LogP contribution >= 0.6 is 0 Å². The lowest BCUT2D eigenvalue weighted by Gasteiger charge is -2.33. The summed E-state index contributed by atoms with van der Waals surface area (Å²) in [4.78, 5) is 29.1. The summed E-state index contributed by atoms with van der Waals surface area (Å²) in [5, 5.41) is 2.65. The maximum atomic E-state index is 14.3. The molecule has 0 fully saturated rings. The van der Waals surface area contributed by atoms with Gasteiger partial charge in [0.15, 0.2) is 0 Å². The fourth-order valence-electron chi connectivity index (χ4n) is 4.90. The summed E-state index contributed by atoms with van der Waals surface area (Å²) in [5.74, 6) is -1.19. The normalized spacial score (nSPS) is 12.0. The summed E-state index contributed by atoms with van der Waals surface area (Å²) in [6, 6.07) is 27.5. The van der Waals surface area contributed by atoms with Gasteiger partial charge in [-0.3, -0.25) is 13.9 Å². The molecule has 0 saturated carbocycles. The monoisotopic (exact) mass is 615 g/mol. The van der Waals surface area contributed by atoms with Crippen LogP contribution in [0.25, 0.3) is 0 Å². The molecule has 0 aromatic heterocycles. The zero-order valence-electron chi connectivity index (χ0n) is 25.4. The lowest BCUT2D eigenvalue weighted by Crippen LogP contribution is -2.53. The quantitative estimate of drug-likeness (QED) is 0.217. The van der Waals surface area contributed by atoms with E-state index in [2.05, 4.69) is 5.32 Å². The predicted molar refractivity (Wildman–Crippen MR) is 171 cm³/mol. The van der Waals surface area contributed by atoms with Crippen LogP contribution in [0.4, 0.5) is 10.1 Å². The molecule has 0 heterocycles. The van der Waals surface area contributed by atoms with Gasteiger partial charge in [0, 0.05) is 20.0 Å². The molecule has 0 aliphatic carbocycles. The van der Waals surface area contributed by atoms with E-state index in [4.69, 9.17) is 0 Å². The highest BCUT2D eigenvalue weighted by atomic mass is 32.2. The SMILES string of the molecule is CNC(=O)[C@H](Cc1ccccc1)N(Cc1ccc(F)cc1)C(=O)CN(c1ccc(C(C)C)cc1)S(=O)(=O)c1ccc(C)cc1. The van der Waals surface area contributed by atoms with Crippen molar-refractivity contribution in [1.82, 2.24) is 10.2 Å². The molecule has 0 radical (unpaired) electrons. The molecule has 0 saturated heterocycles. The zero-order valence-corrected chi connectivity index (χ0v) is 26.2. The van der Waals surface area contributed by atoms with Crippen molar-refractivity contribution in [2.45, 2.75) is 50.6 Å². The van der Waals surface area contributed by atoms with E-state index in [1.54, 1.807) is 36.4 Å². The largest absolute Gasteiger partial charge is 0.357 e. The number of carbonyl (C=O) groups is 2. The molecule has 0 unspecified atom stereocenters. The first-order valence-corrected chi connectivity index (χ1v) is 15.9. The number of sulfonamides is 1. The molecule has 4 aromatic carbocycles. The number of nitrogens with zero attached hydrogens (tertiary/aromatic N) is 2. The second kappa shape index (κ2) is 14.3. The molecular weight excluding hydrogens is 577 g/mol. The third-order valence-electron chi connectivity index (χ3n) is 7.52. The van der Waals surface area contributed by atoms with E-state index in [0.29, 0.717) is 11.3 Å². The highest BCUT2D eigenvalue weighted by Gasteiger charge is 2.34. The highest BCUT2D eigenvalue weighted by molar-refractivity contribution is 7.92. The molecular formula is C35H38FN3O4S. The van der Waals surface area contributed by atoms with Crippen LogP contribution in [0.2, 0.25) is 0 Å². The molecule has 2 amide bonds. The zero-order chi connectivity index (χ0) is 31.9. The first-order chi connectivity index (χ1) is 21.0. The summed E-state index contributed by atoms with van der Waals surface area (Å²) in [6.07, 6.45) is 0.196. The molecule has 0 spiro atoms. The third-order valence-corrected chi connectivity index (χ3v) is 9.31. The summed E-state index contributed by atoms with van der Waals surface area (Å²) in [6.45, 7) is 5.35. The first-order valence-electron chi connectivity index (χ1n) is 14.5. The molecule has 230 valence electrons. The Morgan fingerprint density at radius 2 is 1.43 bits per heavy atom. The van der Waals surface area contributed by atoms with Gasteiger partial charge in [-0.1, -0.05) is 86.1 Å². The summed E-state index contributed by atoms with van der Waals surface area (Å²) in [7, 11) is -2.69. The Hall–Kier alpha value is -4.50. The van der Waals surface area contributed by atoms with Crippen molar-refractivity contribution in [3.63, 3.8) is 0 Å². The van der Waals surface area contributed by atoms with Crippen LogP contribution in [-0.2, 0) is 32.6 Å². The predicted octanol–water partition coefficient (Wildman–Crippen LogP) is 5.84. The van der Waals surface area contributed by atoms with Crippen LogP contribution in [0, 0.1) is 12.7 Å². The maximum Gasteiger partial charge on any atom is 0.264 e. The van der Waals surface area contributed by atoms with Crippen LogP contribution in [0.15, 0.2) is 108 Å². The number of aryl methyl sites for hydroxylation is 1. The number of nitrogens with one attached hydrogen (secondary N) is 1. The lowest BCUT2D eigenvalue weighted by atomic mass is 10.0. The summed E-state index contributed by atoms with van der Waals surface area (Å²) >= 11 is 0. The standard InChI is InChI=1S/C35H38FN3O4S/c1-25(2)29-14-18-31(19-15-29)39(44(42,43)32-20-10-26(3)11-21-32)24-34(40)38(23-28-12-16-30(36)17-13-28)33(35(41)37-4)22-27-8-6-5-7-9-27/h5-21,25,33H,22-24H2,1-4H3,(H,37,41)/t33-/m0/s1. The van der Waals surface area contributed by atoms with Gasteiger partial charge < -0.3 is 10.2 Å². The van der Waals surface area contributed by atoms with E-state index in [0.717, 1.165) is 21.0 Å². The molecule has 1 atom stereocenters. The number of rotatable bonds is 12. The fraction of sp³-hybridized carbons (Fsp3) is 0.257. The van der Waals surface area contributed by atoms with E-state index in [-0.39, 0.29) is 23.8 Å². The van der Waals surface area contributed by atoms with Crippen molar-refractivity contribution >= 4 is 27.5 Å². The average molecular weight is 616 g/mol. The Morgan fingerprint density at radius 1 is 0.818 bits per heavy atom. The van der Waals surface area contributed by atoms with Gasteiger partial charge in [0.1, 0.15) is 18.4 Å². The van der Waals surface area contributed by atoms with E-state index in [1.807, 2.05) is 63.2 Å². The van der Waals surface area contributed by atoms with E-state index in [9.17, 15) is 22.4 Å². The first kappa shape index (κ1) is 32.4. The number of likely N-dealkylation sites (N-methyl/N-ethyl adjacent to an activating group) is 1. The number of halogens is 1. The number of carbonyl (C=O) groups excluding carboxylic acids is 2. The topological polar surface area (TPSA) is 86.8 Å². The number of hydrogen-bond acceptors (Lipinski definition) is 4. The van der Waals surface area contributed by atoms with Crippen molar-refractivity contribution in [3.8, 4) is 0 Å². The van der Waals surface area contributed by atoms with Gasteiger partial charge in [-0.2, -0.15) is 0 Å². The molecule has 7 nitrogen and oxygen atoms in total. The number of hydrogen-bond donors (Lipinski definition) is 1. The van der Waals surface area contributed by atoms with Crippen molar-refractivity contribution in [2.24, 2.45) is 0 Å². The molecule has 9 heteroatoms. The minimum Gasteiger partial charge on any atom is -0.357 e. The van der Waals surface area contributed by atoms with Crippen molar-refractivity contribution in [1.29, 1.82) is 0 Å². The Balaban J connectivity index is 1.79. The van der Waals surface area contributed by atoms with Crippen molar-refractivity contribution in [3.05, 3.63) is 131 Å². The van der Waals surface area contributed by atoms with Crippen LogP contribution in [0.3, 0.4) is 0 Å². The molecule has 0 aliphatic heterocycles. The van der Waals surface area contributed by atoms with Crippen LogP contribution < -0.4 is 9.62 Å². The Morgan fingerprint density at radius 3 is 2.00 bits per heavy atom. The molecule has 44 heavy (non-hydrogen) atoms. The van der Waals surface area contributed by atoms with E-state index in [1.165, 1.54) is 36.2 Å². The van der Waals surface area contributed by atoms with Gasteiger partial charge in [0.05, 0.1) is 10.6 Å². The average Bonchev–Trinajstić information content (AvgIpc) is 3.02. The smallest absolute Gasteiger partial charge is 0.264 e. The Labute approximate surface area is 259 Å². The minimum absolute atomic E-state index is 0.0330. The second-order valence-electron chi connectivity index (χ2n) is 11.0. The maximum absolute atomic E-state index is 14.3. The molecule has 1 N–H and O–H groups in total. The molecule has 4 rings (SSSR count). The number of amides is 2. The minimum atomic E-state index is -4.19. The summed E-state index contributed by atoms with van der Waals surface area (Å²) < 4.78 is 43.0. The lowest BCUT2D eigenvalue weighted by molar-refractivity contribution is -0.139.